The van der Waals surface area contributed by atoms with Crippen LogP contribution < -0.4 is 14.8 Å². The van der Waals surface area contributed by atoms with Crippen LogP contribution in [0.2, 0.25) is 0 Å². The van der Waals surface area contributed by atoms with Crippen LogP contribution in [0.1, 0.15) is 0 Å². The zero-order valence-electron chi connectivity index (χ0n) is 14.6. The number of ether oxygens (including phenoxy) is 1. The van der Waals surface area contributed by atoms with E-state index in [-0.39, 0.29) is 21.5 Å². The first-order valence-corrected chi connectivity index (χ1v) is 10.4. The van der Waals surface area contributed by atoms with Gasteiger partial charge in [0, 0.05) is 23.3 Å². The maximum Gasteiger partial charge on any atom is 0.310 e. The monoisotopic (exact) mass is 434 g/mol. The summed E-state index contributed by atoms with van der Waals surface area (Å²) in [6.45, 7) is -0.448. The Morgan fingerprint density at radius 2 is 1.90 bits per heavy atom. The van der Waals surface area contributed by atoms with E-state index in [0.717, 1.165) is 11.3 Å². The molecule has 0 unspecified atom stereocenters. The van der Waals surface area contributed by atoms with Crippen LogP contribution in [0.3, 0.4) is 0 Å². The number of carbonyl (C=O) groups excluding carboxylic acids is 1. The molecule has 0 aliphatic carbocycles. The van der Waals surface area contributed by atoms with E-state index >= 15 is 0 Å². The minimum atomic E-state index is -3.79. The molecule has 10 nitrogen and oxygen atoms in total. The average Bonchev–Trinajstić information content (AvgIpc) is 3.19. The van der Waals surface area contributed by atoms with Gasteiger partial charge in [0.1, 0.15) is 0 Å². The molecule has 0 aliphatic heterocycles. The second kappa shape index (κ2) is 8.67. The summed E-state index contributed by atoms with van der Waals surface area (Å²) in [6, 6.07) is 11.2. The highest BCUT2D eigenvalue weighted by atomic mass is 32.2. The van der Waals surface area contributed by atoms with Crippen molar-refractivity contribution < 1.29 is 22.9 Å². The molecule has 0 fully saturated rings. The summed E-state index contributed by atoms with van der Waals surface area (Å²) >= 11 is 1.15. The lowest BCUT2D eigenvalue weighted by molar-refractivity contribution is -0.385. The number of hydrogen-bond donors (Lipinski definition) is 2. The fourth-order valence-electron chi connectivity index (χ4n) is 2.24. The van der Waals surface area contributed by atoms with E-state index in [0.29, 0.717) is 5.69 Å². The van der Waals surface area contributed by atoms with Crippen LogP contribution in [0, 0.1) is 10.1 Å². The zero-order chi connectivity index (χ0) is 20.9. The Kier molecular flexibility index (Phi) is 6.04. The Hall–Kier alpha value is -3.51. The number of nitro groups is 1. The van der Waals surface area contributed by atoms with Crippen LogP contribution in [0.25, 0.3) is 0 Å². The first-order valence-electron chi connectivity index (χ1n) is 8.03. The SMILES string of the molecule is O=C(COc1ccccc1[N+](=O)[O-])Nc1ccc(S(=O)(=O)Nc2nccs2)cc1. The third-order valence-corrected chi connectivity index (χ3v) is 5.70. The molecule has 2 aromatic carbocycles. The molecule has 1 heterocycles. The lowest BCUT2D eigenvalue weighted by Crippen LogP contribution is -2.20. The Bertz CT molecular complexity index is 1120. The van der Waals surface area contributed by atoms with E-state index in [4.69, 9.17) is 4.74 Å². The summed E-state index contributed by atoms with van der Waals surface area (Å²) in [5.41, 5.74) is 0.0944. The summed E-state index contributed by atoms with van der Waals surface area (Å²) in [7, 11) is -3.79. The summed E-state index contributed by atoms with van der Waals surface area (Å²) in [4.78, 5) is 26.2. The lowest BCUT2D eigenvalue weighted by atomic mass is 10.3. The largest absolute Gasteiger partial charge is 0.477 e. The van der Waals surface area contributed by atoms with Gasteiger partial charge in [-0.15, -0.1) is 11.3 Å². The molecule has 1 amide bonds. The van der Waals surface area contributed by atoms with Crippen molar-refractivity contribution in [1.29, 1.82) is 0 Å². The predicted octanol–water partition coefficient (Wildman–Crippen LogP) is 2.87. The van der Waals surface area contributed by atoms with Crippen LogP contribution in [0.4, 0.5) is 16.5 Å². The number of aromatic nitrogens is 1. The van der Waals surface area contributed by atoms with Crippen molar-refractivity contribution in [3.63, 3.8) is 0 Å². The number of para-hydroxylation sites is 2. The molecule has 2 N–H and O–H groups in total. The van der Waals surface area contributed by atoms with E-state index in [9.17, 15) is 23.3 Å². The number of benzene rings is 2. The Morgan fingerprint density at radius 1 is 1.17 bits per heavy atom. The molecule has 0 saturated carbocycles. The maximum absolute atomic E-state index is 12.3. The number of nitrogens with zero attached hydrogens (tertiary/aromatic N) is 2. The Morgan fingerprint density at radius 3 is 2.55 bits per heavy atom. The third-order valence-electron chi connectivity index (χ3n) is 3.52. The zero-order valence-corrected chi connectivity index (χ0v) is 16.3. The van der Waals surface area contributed by atoms with Crippen LogP contribution in [0.5, 0.6) is 5.75 Å². The number of amides is 1. The third kappa shape index (κ3) is 5.27. The minimum Gasteiger partial charge on any atom is -0.477 e. The Labute approximate surface area is 169 Å². The number of anilines is 2. The van der Waals surface area contributed by atoms with E-state index < -0.39 is 27.5 Å². The van der Waals surface area contributed by atoms with E-state index in [1.54, 1.807) is 11.4 Å². The summed E-state index contributed by atoms with van der Waals surface area (Å²) in [6.07, 6.45) is 1.48. The molecule has 0 saturated heterocycles. The van der Waals surface area contributed by atoms with Crippen LogP contribution in [0.15, 0.2) is 65.0 Å². The number of nitro benzene ring substituents is 1. The van der Waals surface area contributed by atoms with Gasteiger partial charge in [-0.05, 0) is 30.3 Å². The van der Waals surface area contributed by atoms with E-state index in [1.807, 2.05) is 0 Å². The van der Waals surface area contributed by atoms with E-state index in [1.165, 1.54) is 48.7 Å². The van der Waals surface area contributed by atoms with Crippen molar-refractivity contribution in [1.82, 2.24) is 4.98 Å². The van der Waals surface area contributed by atoms with Gasteiger partial charge in [-0.3, -0.25) is 19.6 Å². The van der Waals surface area contributed by atoms with Crippen molar-refractivity contribution in [2.24, 2.45) is 0 Å². The smallest absolute Gasteiger partial charge is 0.310 e. The molecular weight excluding hydrogens is 420 g/mol. The van der Waals surface area contributed by atoms with E-state index in [2.05, 4.69) is 15.0 Å². The Balaban J connectivity index is 1.60. The quantitative estimate of drug-likeness (QED) is 0.410. The standard InChI is InChI=1S/C17H14N4O6S2/c22-16(11-27-15-4-2-1-3-14(15)21(23)24)19-12-5-7-13(8-6-12)29(25,26)20-17-18-9-10-28-17/h1-10H,11H2,(H,18,20)(H,19,22). The van der Waals surface area contributed by atoms with Crippen LogP contribution >= 0.6 is 11.3 Å². The van der Waals surface area contributed by atoms with Crippen molar-refractivity contribution in [2.45, 2.75) is 4.90 Å². The van der Waals surface area contributed by atoms with Gasteiger partial charge in [-0.1, -0.05) is 12.1 Å². The highest BCUT2D eigenvalue weighted by Gasteiger charge is 2.17. The topological polar surface area (TPSA) is 141 Å². The molecule has 12 heteroatoms. The number of carbonyl (C=O) groups is 1. The molecule has 1 aromatic heterocycles. The molecule has 150 valence electrons. The molecule has 0 atom stereocenters. The van der Waals surface area contributed by atoms with Gasteiger partial charge < -0.3 is 10.1 Å². The lowest BCUT2D eigenvalue weighted by Gasteiger charge is -2.09. The molecule has 0 aliphatic rings. The van der Waals surface area contributed by atoms with Crippen LogP contribution in [-0.2, 0) is 14.8 Å². The second-order valence-corrected chi connectivity index (χ2v) is 8.11. The second-order valence-electron chi connectivity index (χ2n) is 5.53. The van der Waals surface area contributed by atoms with Gasteiger partial charge in [-0.2, -0.15) is 0 Å². The molecule has 3 aromatic rings. The van der Waals surface area contributed by atoms with Crippen molar-refractivity contribution >= 4 is 43.8 Å². The fraction of sp³-hybridized carbons (Fsp3) is 0.0588. The minimum absolute atomic E-state index is 0.00172. The summed E-state index contributed by atoms with van der Waals surface area (Å²) < 4.78 is 32.1. The molecular formula is C17H14N4O6S2. The molecule has 0 spiro atoms. The number of sulfonamides is 1. The first kappa shape index (κ1) is 20.2. The number of hydrogen-bond acceptors (Lipinski definition) is 8. The maximum atomic E-state index is 12.3. The van der Waals surface area contributed by atoms with Gasteiger partial charge in [0.2, 0.25) is 0 Å². The molecule has 0 bridgehead atoms. The fourth-order valence-corrected chi connectivity index (χ4v) is 4.02. The first-order chi connectivity index (χ1) is 13.8. The average molecular weight is 434 g/mol. The number of nitrogens with one attached hydrogen (secondary N) is 2. The van der Waals surface area contributed by atoms with Crippen molar-refractivity contribution in [3.8, 4) is 5.75 Å². The van der Waals surface area contributed by atoms with Crippen LogP contribution in [-0.4, -0.2) is 30.8 Å². The molecule has 0 radical (unpaired) electrons. The number of thiazole rings is 1. The predicted molar refractivity (Wildman–Crippen MR) is 107 cm³/mol. The highest BCUT2D eigenvalue weighted by Crippen LogP contribution is 2.25. The summed E-state index contributed by atoms with van der Waals surface area (Å²) in [5, 5.41) is 15.4. The van der Waals surface area contributed by atoms with Gasteiger partial charge in [0.05, 0.1) is 9.82 Å². The van der Waals surface area contributed by atoms with Gasteiger partial charge in [0.15, 0.2) is 17.5 Å². The van der Waals surface area contributed by atoms with Gasteiger partial charge in [-0.25, -0.2) is 13.4 Å². The summed E-state index contributed by atoms with van der Waals surface area (Å²) in [5.74, 6) is -0.581. The van der Waals surface area contributed by atoms with Gasteiger partial charge >= 0.3 is 5.69 Å². The normalized spacial score (nSPS) is 10.9. The van der Waals surface area contributed by atoms with Gasteiger partial charge in [0.25, 0.3) is 15.9 Å². The van der Waals surface area contributed by atoms with Crippen molar-refractivity contribution in [2.75, 3.05) is 16.6 Å². The number of rotatable bonds is 8. The molecule has 3 rings (SSSR count). The van der Waals surface area contributed by atoms with Crippen molar-refractivity contribution in [3.05, 3.63) is 70.2 Å². The molecule has 29 heavy (non-hydrogen) atoms. The highest BCUT2D eigenvalue weighted by molar-refractivity contribution is 7.93.